The molecule has 1 aliphatic rings. The fraction of sp³-hybridized carbons (Fsp3) is 1.00. The molecule has 8 heteroatoms. The molecule has 7 nitrogen and oxygen atoms in total. The Labute approximate surface area is 75.7 Å². The molecule has 1 fully saturated rings. The first-order valence-corrected chi connectivity index (χ1v) is 4.87. The summed E-state index contributed by atoms with van der Waals surface area (Å²) in [5, 5.41) is 27.1. The molecule has 0 amide bonds. The number of aliphatic hydroxyl groups is 3. The van der Waals surface area contributed by atoms with Crippen molar-refractivity contribution in [1.29, 1.82) is 0 Å². The van der Waals surface area contributed by atoms with E-state index in [0.717, 1.165) is 0 Å². The first-order valence-electron chi connectivity index (χ1n) is 3.59. The van der Waals surface area contributed by atoms with Gasteiger partial charge in [-0.3, -0.25) is 10.0 Å². The van der Waals surface area contributed by atoms with E-state index in [1.54, 1.807) is 0 Å². The second-order valence-corrected chi connectivity index (χ2v) is 3.43. The van der Waals surface area contributed by atoms with Crippen LogP contribution in [0.3, 0.4) is 0 Å². The molecule has 0 saturated carbocycles. The van der Waals surface area contributed by atoms with Gasteiger partial charge < -0.3 is 24.9 Å². The van der Waals surface area contributed by atoms with Crippen molar-refractivity contribution in [2.45, 2.75) is 24.6 Å². The number of ether oxygens (including phenoxy) is 1. The second kappa shape index (κ2) is 4.59. The number of hydrogen-bond donors (Lipinski definition) is 5. The summed E-state index contributed by atoms with van der Waals surface area (Å²) < 4.78 is 9.43. The average Bonchev–Trinajstić information content (AvgIpc) is 2.32. The van der Waals surface area contributed by atoms with Gasteiger partial charge in [-0.25, -0.2) is 0 Å². The van der Waals surface area contributed by atoms with Gasteiger partial charge in [0.1, 0.15) is 18.3 Å². The third-order valence-corrected chi connectivity index (χ3v) is 2.13. The molecule has 0 aromatic rings. The van der Waals surface area contributed by atoms with Crippen molar-refractivity contribution in [3.63, 3.8) is 0 Å². The fourth-order valence-electron chi connectivity index (χ4n) is 1.06. The molecule has 1 aliphatic heterocycles. The largest absolute Gasteiger partial charge is 0.394 e. The average molecular weight is 213 g/mol. The normalized spacial score (nSPS) is 42.2. The Morgan fingerprint density at radius 1 is 1.38 bits per heavy atom. The van der Waals surface area contributed by atoms with Crippen LogP contribution in [-0.2, 0) is 9.26 Å². The van der Waals surface area contributed by atoms with Crippen LogP contribution >= 0.6 is 8.53 Å². The first kappa shape index (κ1) is 11.2. The molecule has 0 aromatic carbocycles. The van der Waals surface area contributed by atoms with Crippen molar-refractivity contribution in [2.75, 3.05) is 6.61 Å². The quantitative estimate of drug-likeness (QED) is 0.331. The highest BCUT2D eigenvalue weighted by Crippen LogP contribution is 2.31. The minimum atomic E-state index is -2.16. The molecule has 1 rings (SSSR count). The zero-order valence-corrected chi connectivity index (χ0v) is 7.54. The molecular weight excluding hydrogens is 201 g/mol. The zero-order valence-electron chi connectivity index (χ0n) is 6.65. The van der Waals surface area contributed by atoms with Crippen LogP contribution in [0.2, 0.25) is 0 Å². The maximum atomic E-state index is 9.24. The standard InChI is InChI=1S/C5H12NO6P/c6-13(10)12-5-4(9)3(8)2(1-7)11-5/h2-5,7-10H,1,6H2/t2-,3-,4-,5?,13?/m1/s1. The van der Waals surface area contributed by atoms with Crippen molar-refractivity contribution in [2.24, 2.45) is 5.50 Å². The molecule has 2 unspecified atom stereocenters. The highest BCUT2D eigenvalue weighted by Gasteiger charge is 2.43. The summed E-state index contributed by atoms with van der Waals surface area (Å²) in [5.74, 6) is 0. The molecule has 6 N–H and O–H groups in total. The fourth-order valence-corrected chi connectivity index (χ4v) is 1.45. The van der Waals surface area contributed by atoms with Crippen LogP contribution in [-0.4, -0.2) is 51.4 Å². The van der Waals surface area contributed by atoms with Crippen LogP contribution in [0.4, 0.5) is 0 Å². The lowest BCUT2D eigenvalue weighted by atomic mass is 10.1. The molecule has 1 saturated heterocycles. The molecule has 0 aromatic heterocycles. The van der Waals surface area contributed by atoms with Gasteiger partial charge in [0, 0.05) is 0 Å². The van der Waals surface area contributed by atoms with E-state index in [1.807, 2.05) is 0 Å². The van der Waals surface area contributed by atoms with Crippen LogP contribution in [0.15, 0.2) is 0 Å². The van der Waals surface area contributed by atoms with Gasteiger partial charge in [0.2, 0.25) is 0 Å². The molecule has 0 radical (unpaired) electrons. The van der Waals surface area contributed by atoms with E-state index < -0.39 is 39.7 Å². The Balaban J connectivity index is 2.50. The number of nitrogens with two attached hydrogens (primary N) is 1. The summed E-state index contributed by atoms with van der Waals surface area (Å²) in [4.78, 5) is 8.66. The lowest BCUT2D eigenvalue weighted by Gasteiger charge is -2.15. The summed E-state index contributed by atoms with van der Waals surface area (Å²) in [6.07, 6.45) is -4.63. The van der Waals surface area contributed by atoms with E-state index >= 15 is 0 Å². The number of aliphatic hydroxyl groups excluding tert-OH is 3. The Hall–Kier alpha value is 0.150. The third-order valence-electron chi connectivity index (χ3n) is 1.71. The number of rotatable bonds is 3. The predicted molar refractivity (Wildman–Crippen MR) is 42.2 cm³/mol. The lowest BCUT2D eigenvalue weighted by molar-refractivity contribution is -0.115. The van der Waals surface area contributed by atoms with Crippen molar-refractivity contribution in [1.82, 2.24) is 0 Å². The monoisotopic (exact) mass is 213 g/mol. The Bertz CT molecular complexity index is 169. The van der Waals surface area contributed by atoms with E-state index in [4.69, 9.17) is 20.2 Å². The van der Waals surface area contributed by atoms with E-state index in [9.17, 15) is 10.2 Å². The van der Waals surface area contributed by atoms with Gasteiger partial charge in [0.15, 0.2) is 6.29 Å². The van der Waals surface area contributed by atoms with Gasteiger partial charge in [-0.05, 0) is 0 Å². The minimum absolute atomic E-state index is 0.438. The van der Waals surface area contributed by atoms with E-state index in [1.165, 1.54) is 0 Å². The van der Waals surface area contributed by atoms with Gasteiger partial charge in [-0.15, -0.1) is 0 Å². The SMILES string of the molecule is NP(O)OC1O[C@H](CO)[C@@H](O)[C@H]1O. The molecule has 0 spiro atoms. The van der Waals surface area contributed by atoms with Crippen molar-refractivity contribution < 1.29 is 29.5 Å². The van der Waals surface area contributed by atoms with Crippen molar-refractivity contribution in [3.8, 4) is 0 Å². The molecular formula is C5H12NO6P. The summed E-state index contributed by atoms with van der Waals surface area (Å²) in [7, 11) is -2.16. The van der Waals surface area contributed by atoms with Crippen LogP contribution in [0.25, 0.3) is 0 Å². The molecule has 78 valence electrons. The summed E-state index contributed by atoms with van der Waals surface area (Å²) in [6, 6.07) is 0. The van der Waals surface area contributed by atoms with Crippen molar-refractivity contribution >= 4 is 8.53 Å². The van der Waals surface area contributed by atoms with Gasteiger partial charge >= 0.3 is 0 Å². The van der Waals surface area contributed by atoms with Gasteiger partial charge in [0.25, 0.3) is 8.53 Å². The topological polar surface area (TPSA) is 125 Å². The molecule has 1 heterocycles. The van der Waals surface area contributed by atoms with Crippen LogP contribution in [0.1, 0.15) is 0 Å². The Kier molecular flexibility index (Phi) is 3.96. The van der Waals surface area contributed by atoms with E-state index in [2.05, 4.69) is 4.52 Å². The maximum absolute atomic E-state index is 9.24. The minimum Gasteiger partial charge on any atom is -0.394 e. The predicted octanol–water partition coefficient (Wildman–Crippen LogP) is -2.38. The van der Waals surface area contributed by atoms with Gasteiger partial charge in [-0.1, -0.05) is 0 Å². The van der Waals surface area contributed by atoms with E-state index in [0.29, 0.717) is 0 Å². The summed E-state index contributed by atoms with van der Waals surface area (Å²) in [5.41, 5.74) is 4.93. The van der Waals surface area contributed by atoms with Crippen molar-refractivity contribution in [3.05, 3.63) is 0 Å². The van der Waals surface area contributed by atoms with Gasteiger partial charge in [-0.2, -0.15) is 0 Å². The molecule has 0 bridgehead atoms. The smallest absolute Gasteiger partial charge is 0.252 e. The highest BCUT2D eigenvalue weighted by atomic mass is 31.2. The first-order chi connectivity index (χ1) is 6.06. The van der Waals surface area contributed by atoms with Gasteiger partial charge in [0.05, 0.1) is 6.61 Å². The maximum Gasteiger partial charge on any atom is 0.252 e. The van der Waals surface area contributed by atoms with Crippen LogP contribution in [0, 0.1) is 0 Å². The second-order valence-electron chi connectivity index (χ2n) is 2.61. The summed E-state index contributed by atoms with van der Waals surface area (Å²) in [6.45, 7) is -0.438. The third kappa shape index (κ3) is 2.55. The number of hydrogen-bond acceptors (Lipinski definition) is 7. The van der Waals surface area contributed by atoms with Crippen LogP contribution < -0.4 is 5.50 Å². The zero-order chi connectivity index (χ0) is 10.0. The lowest BCUT2D eigenvalue weighted by Crippen LogP contribution is -2.34. The van der Waals surface area contributed by atoms with E-state index in [-0.39, 0.29) is 0 Å². The van der Waals surface area contributed by atoms with Crippen LogP contribution in [0.5, 0.6) is 0 Å². The Morgan fingerprint density at radius 2 is 2.00 bits per heavy atom. The molecule has 5 atom stereocenters. The Morgan fingerprint density at radius 3 is 2.38 bits per heavy atom. The highest BCUT2D eigenvalue weighted by molar-refractivity contribution is 7.43. The molecule has 0 aliphatic carbocycles. The summed E-state index contributed by atoms with van der Waals surface area (Å²) >= 11 is 0. The molecule has 13 heavy (non-hydrogen) atoms.